The number of anilines is 1. The first-order chi connectivity index (χ1) is 11.5. The van der Waals surface area contributed by atoms with Gasteiger partial charge in [-0.2, -0.15) is 0 Å². The average Bonchev–Trinajstić information content (AvgIpc) is 2.56. The molecule has 0 bridgehead atoms. The van der Waals surface area contributed by atoms with Crippen molar-refractivity contribution in [2.45, 2.75) is 20.0 Å². The van der Waals surface area contributed by atoms with E-state index in [1.54, 1.807) is 48.5 Å². The number of rotatable bonds is 6. The second-order valence-electron chi connectivity index (χ2n) is 5.29. The molecule has 24 heavy (non-hydrogen) atoms. The van der Waals surface area contributed by atoms with Gasteiger partial charge in [0.1, 0.15) is 11.5 Å². The molecule has 0 aliphatic carbocycles. The molecule has 0 saturated carbocycles. The van der Waals surface area contributed by atoms with Crippen LogP contribution in [-0.2, 0) is 4.79 Å². The number of hydrogen-bond donors (Lipinski definition) is 1. The summed E-state index contributed by atoms with van der Waals surface area (Å²) in [6.45, 7) is 7.21. The summed E-state index contributed by atoms with van der Waals surface area (Å²) in [4.78, 5) is 23.3. The highest BCUT2D eigenvalue weighted by molar-refractivity contribution is 6.04. The normalized spacial score (nSPS) is 10.1. The third-order valence-electron chi connectivity index (χ3n) is 2.99. The second-order valence-corrected chi connectivity index (χ2v) is 5.29. The summed E-state index contributed by atoms with van der Waals surface area (Å²) in [6, 6.07) is 13.4. The summed E-state index contributed by atoms with van der Waals surface area (Å²) in [5.74, 6) is 0.334. The lowest BCUT2D eigenvalue weighted by Crippen LogP contribution is -2.12. The SMILES string of the molecule is C=CC(=O)Oc1ccc(NC(=O)c2ccc(OC(C)C)cc2)cc1. The molecule has 124 valence electrons. The number of amides is 1. The fourth-order valence-corrected chi connectivity index (χ4v) is 1.92. The molecule has 5 nitrogen and oxygen atoms in total. The van der Waals surface area contributed by atoms with Gasteiger partial charge in [-0.15, -0.1) is 0 Å². The monoisotopic (exact) mass is 325 g/mol. The molecule has 0 unspecified atom stereocenters. The van der Waals surface area contributed by atoms with E-state index in [4.69, 9.17) is 9.47 Å². The van der Waals surface area contributed by atoms with Crippen LogP contribution in [0.1, 0.15) is 24.2 Å². The van der Waals surface area contributed by atoms with Gasteiger partial charge in [-0.25, -0.2) is 4.79 Å². The number of hydrogen-bond acceptors (Lipinski definition) is 4. The molecular formula is C19H19NO4. The molecule has 2 rings (SSSR count). The largest absolute Gasteiger partial charge is 0.491 e. The van der Waals surface area contributed by atoms with E-state index in [1.165, 1.54) is 0 Å². The Morgan fingerprint density at radius 2 is 1.58 bits per heavy atom. The van der Waals surface area contributed by atoms with E-state index in [-0.39, 0.29) is 12.0 Å². The summed E-state index contributed by atoms with van der Waals surface area (Å²) in [7, 11) is 0. The third-order valence-corrected chi connectivity index (χ3v) is 2.99. The lowest BCUT2D eigenvalue weighted by atomic mass is 10.2. The van der Waals surface area contributed by atoms with Crippen LogP contribution in [0.5, 0.6) is 11.5 Å². The van der Waals surface area contributed by atoms with E-state index in [1.807, 2.05) is 13.8 Å². The molecule has 2 aromatic carbocycles. The highest BCUT2D eigenvalue weighted by atomic mass is 16.5. The number of carbonyl (C=O) groups is 2. The maximum absolute atomic E-state index is 12.2. The quantitative estimate of drug-likeness (QED) is 0.498. The van der Waals surface area contributed by atoms with Gasteiger partial charge in [-0.3, -0.25) is 4.79 Å². The Kier molecular flexibility index (Phi) is 5.73. The summed E-state index contributed by atoms with van der Waals surface area (Å²) in [5, 5.41) is 2.77. The standard InChI is InChI=1S/C19H19NO4/c1-4-18(21)24-17-11-7-15(8-12-17)20-19(22)14-5-9-16(10-6-14)23-13(2)3/h4-13H,1H2,2-3H3,(H,20,22). The molecule has 2 aromatic rings. The maximum atomic E-state index is 12.2. The second kappa shape index (κ2) is 7.97. The van der Waals surface area contributed by atoms with Crippen molar-refractivity contribution in [3.8, 4) is 11.5 Å². The minimum absolute atomic E-state index is 0.0818. The molecule has 0 spiro atoms. The molecule has 0 radical (unpaired) electrons. The number of nitrogens with one attached hydrogen (secondary N) is 1. The van der Waals surface area contributed by atoms with E-state index >= 15 is 0 Å². The highest BCUT2D eigenvalue weighted by Crippen LogP contribution is 2.18. The van der Waals surface area contributed by atoms with Crippen LogP contribution in [0.3, 0.4) is 0 Å². The summed E-state index contributed by atoms with van der Waals surface area (Å²) in [6.07, 6.45) is 1.17. The molecule has 0 saturated heterocycles. The van der Waals surface area contributed by atoms with Gasteiger partial charge in [0, 0.05) is 17.3 Å². The van der Waals surface area contributed by atoms with Crippen LogP contribution in [-0.4, -0.2) is 18.0 Å². The Morgan fingerprint density at radius 1 is 1.00 bits per heavy atom. The first-order valence-corrected chi connectivity index (χ1v) is 7.50. The van der Waals surface area contributed by atoms with Crippen molar-refractivity contribution >= 4 is 17.6 Å². The Labute approximate surface area is 140 Å². The van der Waals surface area contributed by atoms with Crippen LogP contribution in [0.15, 0.2) is 61.2 Å². The lowest BCUT2D eigenvalue weighted by Gasteiger charge is -2.10. The first-order valence-electron chi connectivity index (χ1n) is 7.50. The molecule has 0 aromatic heterocycles. The van der Waals surface area contributed by atoms with Crippen LogP contribution in [0.4, 0.5) is 5.69 Å². The van der Waals surface area contributed by atoms with Crippen molar-refractivity contribution in [2.75, 3.05) is 5.32 Å². The van der Waals surface area contributed by atoms with E-state index < -0.39 is 5.97 Å². The zero-order valence-corrected chi connectivity index (χ0v) is 13.6. The number of benzene rings is 2. The predicted molar refractivity (Wildman–Crippen MR) is 92.4 cm³/mol. The van der Waals surface area contributed by atoms with Crippen LogP contribution >= 0.6 is 0 Å². The number of carbonyl (C=O) groups excluding carboxylic acids is 2. The zero-order chi connectivity index (χ0) is 17.5. The fourth-order valence-electron chi connectivity index (χ4n) is 1.92. The first kappa shape index (κ1) is 17.3. The minimum Gasteiger partial charge on any atom is -0.491 e. The van der Waals surface area contributed by atoms with Gasteiger partial charge in [-0.05, 0) is 62.4 Å². The van der Waals surface area contributed by atoms with Gasteiger partial charge >= 0.3 is 5.97 Å². The molecule has 5 heteroatoms. The maximum Gasteiger partial charge on any atom is 0.335 e. The van der Waals surface area contributed by atoms with Gasteiger partial charge in [0.05, 0.1) is 6.10 Å². The Bertz CT molecular complexity index is 718. The summed E-state index contributed by atoms with van der Waals surface area (Å²) >= 11 is 0. The summed E-state index contributed by atoms with van der Waals surface area (Å²) < 4.78 is 10.5. The van der Waals surface area contributed by atoms with Crippen molar-refractivity contribution in [2.24, 2.45) is 0 Å². The summed E-state index contributed by atoms with van der Waals surface area (Å²) in [5.41, 5.74) is 1.12. The average molecular weight is 325 g/mol. The fraction of sp³-hybridized carbons (Fsp3) is 0.158. The molecule has 0 aliphatic rings. The third kappa shape index (κ3) is 4.98. The van der Waals surface area contributed by atoms with Crippen LogP contribution in [0.25, 0.3) is 0 Å². The van der Waals surface area contributed by atoms with Gasteiger partial charge in [0.15, 0.2) is 0 Å². The highest BCUT2D eigenvalue weighted by Gasteiger charge is 2.07. The van der Waals surface area contributed by atoms with Crippen LogP contribution in [0, 0.1) is 0 Å². The van der Waals surface area contributed by atoms with Gasteiger partial charge in [-0.1, -0.05) is 6.58 Å². The van der Waals surface area contributed by atoms with Gasteiger partial charge < -0.3 is 14.8 Å². The lowest BCUT2D eigenvalue weighted by molar-refractivity contribution is -0.128. The Morgan fingerprint density at radius 3 is 2.12 bits per heavy atom. The van der Waals surface area contributed by atoms with Gasteiger partial charge in [0.25, 0.3) is 5.91 Å². The molecular weight excluding hydrogens is 306 g/mol. The zero-order valence-electron chi connectivity index (χ0n) is 13.6. The minimum atomic E-state index is -0.532. The van der Waals surface area contributed by atoms with Crippen molar-refractivity contribution in [1.82, 2.24) is 0 Å². The van der Waals surface area contributed by atoms with Crippen molar-refractivity contribution in [3.05, 3.63) is 66.7 Å². The van der Waals surface area contributed by atoms with Crippen LogP contribution in [0.2, 0.25) is 0 Å². The van der Waals surface area contributed by atoms with Gasteiger partial charge in [0.2, 0.25) is 0 Å². The molecule has 1 amide bonds. The number of esters is 1. The molecule has 0 aliphatic heterocycles. The van der Waals surface area contributed by atoms with Crippen molar-refractivity contribution < 1.29 is 19.1 Å². The van der Waals surface area contributed by atoms with Crippen LogP contribution < -0.4 is 14.8 Å². The smallest absolute Gasteiger partial charge is 0.335 e. The van der Waals surface area contributed by atoms with E-state index in [2.05, 4.69) is 11.9 Å². The van der Waals surface area contributed by atoms with E-state index in [0.29, 0.717) is 17.0 Å². The Balaban J connectivity index is 1.98. The van der Waals surface area contributed by atoms with E-state index in [0.717, 1.165) is 11.8 Å². The predicted octanol–water partition coefficient (Wildman–Crippen LogP) is 3.82. The molecule has 1 N–H and O–H groups in total. The Hall–Kier alpha value is -3.08. The number of ether oxygens (including phenoxy) is 2. The topological polar surface area (TPSA) is 64.6 Å². The van der Waals surface area contributed by atoms with E-state index in [9.17, 15) is 9.59 Å². The van der Waals surface area contributed by atoms with Crippen molar-refractivity contribution in [1.29, 1.82) is 0 Å². The molecule has 0 fully saturated rings. The van der Waals surface area contributed by atoms with Crippen molar-refractivity contribution in [3.63, 3.8) is 0 Å². The molecule has 0 atom stereocenters. The molecule has 0 heterocycles.